The van der Waals surface area contributed by atoms with Crippen LogP contribution in [-0.2, 0) is 0 Å². The van der Waals surface area contributed by atoms with Crippen molar-refractivity contribution >= 4 is 39.2 Å². The summed E-state index contributed by atoms with van der Waals surface area (Å²) in [7, 11) is 0. The van der Waals surface area contributed by atoms with Crippen LogP contribution >= 0.6 is 15.9 Å². The Kier molecular flexibility index (Phi) is 5.09. The van der Waals surface area contributed by atoms with Crippen molar-refractivity contribution in [2.75, 3.05) is 10.6 Å². The average Bonchev–Trinajstić information content (AvgIpc) is 2.60. The monoisotopic (exact) mass is 396 g/mol. The predicted molar refractivity (Wildman–Crippen MR) is 103 cm³/mol. The van der Waals surface area contributed by atoms with E-state index in [0.717, 1.165) is 21.4 Å². The van der Waals surface area contributed by atoms with Gasteiger partial charge < -0.3 is 10.6 Å². The highest BCUT2D eigenvalue weighted by molar-refractivity contribution is 9.10. The number of aromatic nitrogens is 2. The number of halogens is 1. The van der Waals surface area contributed by atoms with Crippen molar-refractivity contribution < 1.29 is 4.79 Å². The highest BCUT2D eigenvalue weighted by atomic mass is 79.9. The smallest absolute Gasteiger partial charge is 0.274 e. The van der Waals surface area contributed by atoms with Gasteiger partial charge in [0.25, 0.3) is 5.91 Å². The molecule has 1 heterocycles. The van der Waals surface area contributed by atoms with E-state index in [4.69, 9.17) is 0 Å². The largest absolute Gasteiger partial charge is 0.324 e. The minimum atomic E-state index is -0.278. The number of benzene rings is 2. The fourth-order valence-electron chi connectivity index (χ4n) is 2.27. The third kappa shape index (κ3) is 4.42. The molecule has 0 saturated carbocycles. The lowest BCUT2D eigenvalue weighted by atomic mass is 10.2. The standard InChI is InChI=1S/C19H17BrN4O/c1-12-3-6-15(7-4-12)22-19-21-10-9-17(24-19)18(25)23-16-8-5-14(20)11-13(16)2/h3-11H,1-2H3,(H,23,25)(H,21,22,24). The zero-order valence-electron chi connectivity index (χ0n) is 13.9. The average molecular weight is 397 g/mol. The fraction of sp³-hybridized carbons (Fsp3) is 0.105. The Labute approximate surface area is 154 Å². The van der Waals surface area contributed by atoms with Crippen LogP contribution in [0.4, 0.5) is 17.3 Å². The van der Waals surface area contributed by atoms with Gasteiger partial charge in [-0.25, -0.2) is 9.97 Å². The molecule has 5 nitrogen and oxygen atoms in total. The second-order valence-corrected chi connectivity index (χ2v) is 6.59. The quantitative estimate of drug-likeness (QED) is 0.661. The Hall–Kier alpha value is -2.73. The number of hydrogen-bond acceptors (Lipinski definition) is 4. The summed E-state index contributed by atoms with van der Waals surface area (Å²) in [6, 6.07) is 15.1. The molecule has 0 aliphatic heterocycles. The maximum absolute atomic E-state index is 12.5. The second kappa shape index (κ2) is 7.44. The lowest BCUT2D eigenvalue weighted by Gasteiger charge is -2.09. The summed E-state index contributed by atoms with van der Waals surface area (Å²) in [4.78, 5) is 20.9. The molecule has 25 heavy (non-hydrogen) atoms. The van der Waals surface area contributed by atoms with Gasteiger partial charge in [0.2, 0.25) is 5.95 Å². The number of amides is 1. The number of carbonyl (C=O) groups is 1. The maximum atomic E-state index is 12.5. The molecule has 0 bridgehead atoms. The summed E-state index contributed by atoms with van der Waals surface area (Å²) in [5, 5.41) is 5.98. The number of aryl methyl sites for hydroxylation is 2. The lowest BCUT2D eigenvalue weighted by molar-refractivity contribution is 0.102. The molecule has 126 valence electrons. The molecule has 6 heteroatoms. The first-order chi connectivity index (χ1) is 12.0. The highest BCUT2D eigenvalue weighted by Crippen LogP contribution is 2.21. The molecule has 3 aromatic rings. The van der Waals surface area contributed by atoms with Crippen molar-refractivity contribution in [2.24, 2.45) is 0 Å². The summed E-state index contributed by atoms with van der Waals surface area (Å²) in [6.45, 7) is 3.96. The zero-order valence-corrected chi connectivity index (χ0v) is 15.5. The van der Waals surface area contributed by atoms with Crippen molar-refractivity contribution in [1.82, 2.24) is 9.97 Å². The van der Waals surface area contributed by atoms with Crippen LogP contribution in [0.2, 0.25) is 0 Å². The molecule has 0 aliphatic carbocycles. The number of anilines is 3. The Bertz CT molecular complexity index is 910. The first-order valence-corrected chi connectivity index (χ1v) is 8.55. The van der Waals surface area contributed by atoms with Crippen LogP contribution in [0.5, 0.6) is 0 Å². The fourth-order valence-corrected chi connectivity index (χ4v) is 2.74. The van der Waals surface area contributed by atoms with Gasteiger partial charge in [-0.3, -0.25) is 4.79 Å². The van der Waals surface area contributed by atoms with Crippen molar-refractivity contribution in [3.63, 3.8) is 0 Å². The molecular weight excluding hydrogens is 380 g/mol. The van der Waals surface area contributed by atoms with Gasteiger partial charge in [0.15, 0.2) is 0 Å². The van der Waals surface area contributed by atoms with Crippen LogP contribution in [-0.4, -0.2) is 15.9 Å². The van der Waals surface area contributed by atoms with Crippen molar-refractivity contribution in [3.05, 3.63) is 76.0 Å². The van der Waals surface area contributed by atoms with Crippen LogP contribution in [0.15, 0.2) is 59.2 Å². The number of carbonyl (C=O) groups excluding carboxylic acids is 1. The van der Waals surface area contributed by atoms with E-state index in [1.165, 1.54) is 5.56 Å². The molecular formula is C19H17BrN4O. The van der Waals surface area contributed by atoms with Gasteiger partial charge in [0, 0.05) is 22.0 Å². The molecule has 0 aliphatic rings. The Morgan fingerprint density at radius 1 is 1.04 bits per heavy atom. The first-order valence-electron chi connectivity index (χ1n) is 7.75. The van der Waals surface area contributed by atoms with E-state index < -0.39 is 0 Å². The van der Waals surface area contributed by atoms with E-state index in [2.05, 4.69) is 36.5 Å². The van der Waals surface area contributed by atoms with Crippen molar-refractivity contribution in [2.45, 2.75) is 13.8 Å². The van der Waals surface area contributed by atoms with E-state index in [1.54, 1.807) is 12.3 Å². The van der Waals surface area contributed by atoms with Gasteiger partial charge in [0.1, 0.15) is 5.69 Å². The number of nitrogens with one attached hydrogen (secondary N) is 2. The summed E-state index contributed by atoms with van der Waals surface area (Å²) in [5.74, 6) is 0.101. The minimum absolute atomic E-state index is 0.278. The topological polar surface area (TPSA) is 66.9 Å². The molecule has 2 N–H and O–H groups in total. The number of rotatable bonds is 4. The first kappa shape index (κ1) is 17.1. The Morgan fingerprint density at radius 3 is 2.52 bits per heavy atom. The molecule has 0 unspecified atom stereocenters. The van der Waals surface area contributed by atoms with Gasteiger partial charge >= 0.3 is 0 Å². The van der Waals surface area contributed by atoms with Crippen molar-refractivity contribution in [3.8, 4) is 0 Å². The number of nitrogens with zero attached hydrogens (tertiary/aromatic N) is 2. The van der Waals surface area contributed by atoms with E-state index in [0.29, 0.717) is 11.6 Å². The molecule has 0 radical (unpaired) electrons. The van der Waals surface area contributed by atoms with Crippen LogP contribution in [0.3, 0.4) is 0 Å². The van der Waals surface area contributed by atoms with Crippen LogP contribution < -0.4 is 10.6 Å². The summed E-state index contributed by atoms with van der Waals surface area (Å²) < 4.78 is 0.967. The molecule has 0 fully saturated rings. The van der Waals surface area contributed by atoms with Gasteiger partial charge in [0.05, 0.1) is 0 Å². The van der Waals surface area contributed by atoms with E-state index in [9.17, 15) is 4.79 Å². The van der Waals surface area contributed by atoms with E-state index >= 15 is 0 Å². The summed E-state index contributed by atoms with van der Waals surface area (Å²) in [5.41, 5.74) is 4.05. The van der Waals surface area contributed by atoms with Crippen LogP contribution in [0, 0.1) is 13.8 Å². The molecule has 3 rings (SSSR count). The lowest BCUT2D eigenvalue weighted by Crippen LogP contribution is -2.15. The normalized spacial score (nSPS) is 10.4. The van der Waals surface area contributed by atoms with Crippen LogP contribution in [0.1, 0.15) is 21.6 Å². The van der Waals surface area contributed by atoms with Gasteiger partial charge in [-0.15, -0.1) is 0 Å². The SMILES string of the molecule is Cc1ccc(Nc2nccc(C(=O)Nc3ccc(Br)cc3C)n2)cc1. The van der Waals surface area contributed by atoms with E-state index in [-0.39, 0.29) is 5.91 Å². The molecule has 0 spiro atoms. The predicted octanol–water partition coefficient (Wildman–Crippen LogP) is 4.85. The zero-order chi connectivity index (χ0) is 17.8. The van der Waals surface area contributed by atoms with Gasteiger partial charge in [-0.05, 0) is 55.8 Å². The Morgan fingerprint density at radius 2 is 1.80 bits per heavy atom. The Balaban J connectivity index is 1.76. The third-order valence-corrected chi connectivity index (χ3v) is 4.13. The second-order valence-electron chi connectivity index (χ2n) is 5.67. The molecule has 0 atom stereocenters. The summed E-state index contributed by atoms with van der Waals surface area (Å²) >= 11 is 3.41. The molecule has 1 amide bonds. The maximum Gasteiger partial charge on any atom is 0.274 e. The highest BCUT2D eigenvalue weighted by Gasteiger charge is 2.11. The van der Waals surface area contributed by atoms with E-state index in [1.807, 2.05) is 56.3 Å². The van der Waals surface area contributed by atoms with Gasteiger partial charge in [-0.2, -0.15) is 0 Å². The summed E-state index contributed by atoms with van der Waals surface area (Å²) in [6.07, 6.45) is 1.56. The molecule has 2 aromatic carbocycles. The van der Waals surface area contributed by atoms with Crippen molar-refractivity contribution in [1.29, 1.82) is 0 Å². The third-order valence-electron chi connectivity index (χ3n) is 3.63. The van der Waals surface area contributed by atoms with Crippen LogP contribution in [0.25, 0.3) is 0 Å². The molecule has 1 aromatic heterocycles. The number of hydrogen-bond donors (Lipinski definition) is 2. The molecule has 0 saturated heterocycles. The minimum Gasteiger partial charge on any atom is -0.324 e. The van der Waals surface area contributed by atoms with Gasteiger partial charge in [-0.1, -0.05) is 33.6 Å².